The molecule has 0 bridgehead atoms. The molecule has 2 heteroatoms. The second kappa shape index (κ2) is 8.94. The van der Waals surface area contributed by atoms with Crippen molar-refractivity contribution < 1.29 is 8.78 Å². The van der Waals surface area contributed by atoms with Gasteiger partial charge in [-0.15, -0.1) is 0 Å². The summed E-state index contributed by atoms with van der Waals surface area (Å²) in [5.74, 6) is -1.37. The standard InChI is InChI=1S/C25H26F2/c1-3-5-22-16-17-23(25(27)24(22)26)15-10-19-8-13-21(14-9-19)20-11-6-18(4-2)7-12-20/h6-9,11-14,16-17H,3-5,10,15H2,1-2H3. The van der Waals surface area contributed by atoms with E-state index in [1.54, 1.807) is 12.1 Å². The van der Waals surface area contributed by atoms with E-state index in [1.807, 2.05) is 6.92 Å². The van der Waals surface area contributed by atoms with E-state index < -0.39 is 11.6 Å². The highest BCUT2D eigenvalue weighted by Crippen LogP contribution is 2.22. The van der Waals surface area contributed by atoms with E-state index in [9.17, 15) is 8.78 Å². The highest BCUT2D eigenvalue weighted by molar-refractivity contribution is 5.64. The first-order valence-corrected chi connectivity index (χ1v) is 9.76. The molecule has 140 valence electrons. The molecule has 3 aromatic carbocycles. The van der Waals surface area contributed by atoms with Crippen LogP contribution in [-0.4, -0.2) is 0 Å². The maximum absolute atomic E-state index is 14.3. The molecule has 3 rings (SSSR count). The number of halogens is 2. The summed E-state index contributed by atoms with van der Waals surface area (Å²) in [7, 11) is 0. The smallest absolute Gasteiger partial charge is 0.162 e. The van der Waals surface area contributed by atoms with Crippen LogP contribution in [0.15, 0.2) is 60.7 Å². The van der Waals surface area contributed by atoms with Crippen molar-refractivity contribution in [2.45, 2.75) is 46.0 Å². The molecule has 0 aliphatic rings. The predicted octanol–water partition coefficient (Wildman–Crippen LogP) is 6.93. The van der Waals surface area contributed by atoms with Gasteiger partial charge in [0.1, 0.15) is 0 Å². The maximum atomic E-state index is 14.3. The van der Waals surface area contributed by atoms with E-state index in [4.69, 9.17) is 0 Å². The van der Waals surface area contributed by atoms with E-state index in [1.165, 1.54) is 16.7 Å². The summed E-state index contributed by atoms with van der Waals surface area (Å²) in [4.78, 5) is 0. The minimum Gasteiger partial charge on any atom is -0.203 e. The van der Waals surface area contributed by atoms with Crippen molar-refractivity contribution in [3.05, 3.63) is 94.6 Å². The Kier molecular flexibility index (Phi) is 6.39. The Balaban J connectivity index is 1.67. The van der Waals surface area contributed by atoms with Crippen molar-refractivity contribution in [1.82, 2.24) is 0 Å². The first-order valence-electron chi connectivity index (χ1n) is 9.76. The third-order valence-corrected chi connectivity index (χ3v) is 5.09. The fraction of sp³-hybridized carbons (Fsp3) is 0.280. The van der Waals surface area contributed by atoms with Crippen LogP contribution in [0.1, 0.15) is 42.5 Å². The Morgan fingerprint density at radius 1 is 0.556 bits per heavy atom. The Hall–Kier alpha value is -2.48. The molecule has 0 spiro atoms. The third kappa shape index (κ3) is 4.63. The first-order chi connectivity index (χ1) is 13.1. The Labute approximate surface area is 160 Å². The molecule has 0 N–H and O–H groups in total. The molecule has 0 heterocycles. The summed E-state index contributed by atoms with van der Waals surface area (Å²) in [6, 6.07) is 20.4. The fourth-order valence-electron chi connectivity index (χ4n) is 3.36. The number of rotatable bonds is 7. The van der Waals surface area contributed by atoms with E-state index in [2.05, 4.69) is 55.5 Å². The van der Waals surface area contributed by atoms with Crippen LogP contribution in [0, 0.1) is 11.6 Å². The van der Waals surface area contributed by atoms with Crippen molar-refractivity contribution in [3.8, 4) is 11.1 Å². The normalized spacial score (nSPS) is 11.0. The zero-order valence-electron chi connectivity index (χ0n) is 16.1. The predicted molar refractivity (Wildman–Crippen MR) is 109 cm³/mol. The van der Waals surface area contributed by atoms with Gasteiger partial charge in [0.15, 0.2) is 11.6 Å². The van der Waals surface area contributed by atoms with Gasteiger partial charge in [0.2, 0.25) is 0 Å². The van der Waals surface area contributed by atoms with Crippen molar-refractivity contribution in [3.63, 3.8) is 0 Å². The number of hydrogen-bond donors (Lipinski definition) is 0. The highest BCUT2D eigenvalue weighted by atomic mass is 19.2. The van der Waals surface area contributed by atoms with Gasteiger partial charge in [-0.1, -0.05) is 80.9 Å². The van der Waals surface area contributed by atoms with Gasteiger partial charge in [0.05, 0.1) is 0 Å². The fourth-order valence-corrected chi connectivity index (χ4v) is 3.36. The lowest BCUT2D eigenvalue weighted by atomic mass is 9.98. The molecular formula is C25H26F2. The zero-order chi connectivity index (χ0) is 19.2. The SMILES string of the molecule is CCCc1ccc(CCc2ccc(-c3ccc(CC)cc3)cc2)c(F)c1F. The molecule has 0 saturated carbocycles. The molecule has 0 nitrogen and oxygen atoms in total. The Morgan fingerprint density at radius 2 is 1.04 bits per heavy atom. The summed E-state index contributed by atoms with van der Waals surface area (Å²) < 4.78 is 28.4. The number of benzene rings is 3. The zero-order valence-corrected chi connectivity index (χ0v) is 16.1. The Morgan fingerprint density at radius 3 is 1.52 bits per heavy atom. The van der Waals surface area contributed by atoms with Crippen molar-refractivity contribution in [2.24, 2.45) is 0 Å². The van der Waals surface area contributed by atoms with Gasteiger partial charge in [-0.25, -0.2) is 8.78 Å². The van der Waals surface area contributed by atoms with E-state index in [0.717, 1.165) is 18.4 Å². The topological polar surface area (TPSA) is 0 Å². The lowest BCUT2D eigenvalue weighted by Crippen LogP contribution is -2.01. The molecule has 0 aliphatic heterocycles. The molecule has 0 aromatic heterocycles. The van der Waals surface area contributed by atoms with Gasteiger partial charge in [0, 0.05) is 0 Å². The van der Waals surface area contributed by atoms with E-state index >= 15 is 0 Å². The average molecular weight is 364 g/mol. The Bertz CT molecular complexity index is 877. The van der Waals surface area contributed by atoms with E-state index in [-0.39, 0.29) is 0 Å². The molecule has 0 saturated heterocycles. The van der Waals surface area contributed by atoms with Crippen LogP contribution in [0.2, 0.25) is 0 Å². The number of aryl methyl sites for hydroxylation is 4. The van der Waals surface area contributed by atoms with E-state index in [0.29, 0.717) is 30.4 Å². The monoisotopic (exact) mass is 364 g/mol. The molecule has 0 unspecified atom stereocenters. The molecule has 0 radical (unpaired) electrons. The van der Waals surface area contributed by atoms with Gasteiger partial charge in [-0.2, -0.15) is 0 Å². The van der Waals surface area contributed by atoms with Gasteiger partial charge in [-0.3, -0.25) is 0 Å². The molecular weight excluding hydrogens is 338 g/mol. The van der Waals surface area contributed by atoms with Crippen LogP contribution < -0.4 is 0 Å². The van der Waals surface area contributed by atoms with Gasteiger partial charge in [0.25, 0.3) is 0 Å². The molecule has 0 amide bonds. The summed E-state index contributed by atoms with van der Waals surface area (Å²) in [6.45, 7) is 4.11. The molecule has 0 atom stereocenters. The van der Waals surface area contributed by atoms with Crippen LogP contribution in [0.4, 0.5) is 8.78 Å². The van der Waals surface area contributed by atoms with Crippen LogP contribution in [0.5, 0.6) is 0 Å². The van der Waals surface area contributed by atoms with Gasteiger partial charge in [-0.05, 0) is 59.1 Å². The maximum Gasteiger partial charge on any atom is 0.162 e. The minimum absolute atomic E-state index is 0.451. The second-order valence-corrected chi connectivity index (χ2v) is 7.01. The minimum atomic E-state index is -0.686. The van der Waals surface area contributed by atoms with Crippen molar-refractivity contribution in [2.75, 3.05) is 0 Å². The quantitative estimate of drug-likeness (QED) is 0.426. The van der Waals surface area contributed by atoms with Crippen LogP contribution >= 0.6 is 0 Å². The molecule has 0 aliphatic carbocycles. The van der Waals surface area contributed by atoms with Crippen molar-refractivity contribution in [1.29, 1.82) is 0 Å². The molecule has 0 fully saturated rings. The highest BCUT2D eigenvalue weighted by Gasteiger charge is 2.12. The average Bonchev–Trinajstić information content (AvgIpc) is 2.71. The molecule has 27 heavy (non-hydrogen) atoms. The van der Waals surface area contributed by atoms with Crippen molar-refractivity contribution >= 4 is 0 Å². The number of hydrogen-bond acceptors (Lipinski definition) is 0. The summed E-state index contributed by atoms with van der Waals surface area (Å²) in [5.41, 5.74) is 5.74. The van der Waals surface area contributed by atoms with Gasteiger partial charge < -0.3 is 0 Å². The summed E-state index contributed by atoms with van der Waals surface area (Å²) >= 11 is 0. The van der Waals surface area contributed by atoms with Crippen LogP contribution in [-0.2, 0) is 25.7 Å². The lowest BCUT2D eigenvalue weighted by Gasteiger charge is -2.09. The summed E-state index contributed by atoms with van der Waals surface area (Å²) in [5, 5.41) is 0. The van der Waals surface area contributed by atoms with Crippen LogP contribution in [0.3, 0.4) is 0 Å². The summed E-state index contributed by atoms with van der Waals surface area (Å²) in [6.07, 6.45) is 3.61. The third-order valence-electron chi connectivity index (χ3n) is 5.09. The second-order valence-electron chi connectivity index (χ2n) is 7.01. The first kappa shape index (κ1) is 19.3. The van der Waals surface area contributed by atoms with Gasteiger partial charge >= 0.3 is 0 Å². The largest absolute Gasteiger partial charge is 0.203 e. The van der Waals surface area contributed by atoms with Crippen LogP contribution in [0.25, 0.3) is 11.1 Å². The lowest BCUT2D eigenvalue weighted by molar-refractivity contribution is 0.488. The molecule has 3 aromatic rings.